The van der Waals surface area contributed by atoms with Gasteiger partial charge >= 0.3 is 0 Å². The molecule has 9 heteroatoms. The van der Waals surface area contributed by atoms with Crippen LogP contribution in [0.15, 0.2) is 53.0 Å². The zero-order valence-electron chi connectivity index (χ0n) is 14.5. The van der Waals surface area contributed by atoms with E-state index in [1.54, 1.807) is 30.3 Å². The molecule has 0 fully saturated rings. The number of benzene rings is 2. The first-order valence-corrected chi connectivity index (χ1v) is 9.09. The van der Waals surface area contributed by atoms with Crippen molar-refractivity contribution >= 4 is 45.1 Å². The quantitative estimate of drug-likeness (QED) is 0.460. The minimum atomic E-state index is -0.458. The summed E-state index contributed by atoms with van der Waals surface area (Å²) in [5.74, 6) is 0.236. The van der Waals surface area contributed by atoms with Gasteiger partial charge < -0.3 is 9.47 Å². The number of aryl methyl sites for hydroxylation is 1. The summed E-state index contributed by atoms with van der Waals surface area (Å²) < 4.78 is 11.6. The third kappa shape index (κ3) is 8.06. The fourth-order valence-corrected chi connectivity index (χ4v) is 2.32. The Kier molecular flexibility index (Phi) is 8.02. The first-order chi connectivity index (χ1) is 12.9. The highest BCUT2D eigenvalue weighted by Gasteiger charge is 2.08. The average molecular weight is 452 g/mol. The van der Waals surface area contributed by atoms with Crippen LogP contribution in [0.25, 0.3) is 0 Å². The molecule has 0 aliphatic rings. The molecule has 0 radical (unpaired) electrons. The second-order valence-electron chi connectivity index (χ2n) is 5.40. The molecule has 3 N–H and O–H groups in total. The average Bonchev–Trinajstić information content (AvgIpc) is 2.64. The van der Waals surface area contributed by atoms with Gasteiger partial charge in [-0.25, -0.2) is 0 Å². The number of hydrogen-bond donors (Lipinski definition) is 3. The third-order valence-corrected chi connectivity index (χ3v) is 3.84. The Labute approximate surface area is 170 Å². The molecule has 2 aromatic rings. The maximum Gasteiger partial charge on any atom is 0.276 e. The summed E-state index contributed by atoms with van der Waals surface area (Å²) in [6.07, 6.45) is 0. The molecule has 0 saturated heterocycles. The third-order valence-electron chi connectivity index (χ3n) is 3.11. The number of rotatable bonds is 6. The second kappa shape index (κ2) is 10.5. The molecular formula is C18H18BrN3O4S. The lowest BCUT2D eigenvalue weighted by Crippen LogP contribution is -2.50. The Hall–Kier alpha value is -2.65. The van der Waals surface area contributed by atoms with Crippen LogP contribution in [-0.4, -0.2) is 30.1 Å². The molecule has 0 aromatic heterocycles. The van der Waals surface area contributed by atoms with Gasteiger partial charge in [-0.05, 0) is 61.1 Å². The van der Waals surface area contributed by atoms with Crippen LogP contribution < -0.4 is 25.6 Å². The number of halogens is 1. The molecule has 0 aliphatic heterocycles. The molecule has 2 amide bonds. The molecule has 0 unspecified atom stereocenters. The summed E-state index contributed by atoms with van der Waals surface area (Å²) >= 11 is 8.24. The monoisotopic (exact) mass is 451 g/mol. The topological polar surface area (TPSA) is 88.7 Å². The largest absolute Gasteiger partial charge is 0.484 e. The number of nitrogens with one attached hydrogen (secondary N) is 3. The van der Waals surface area contributed by atoms with Gasteiger partial charge in [-0.15, -0.1) is 0 Å². The van der Waals surface area contributed by atoms with Gasteiger partial charge in [-0.3, -0.25) is 25.8 Å². The molecule has 0 aliphatic carbocycles. The molecular weight excluding hydrogens is 434 g/mol. The Balaban J connectivity index is 1.63. The van der Waals surface area contributed by atoms with E-state index in [2.05, 4.69) is 32.1 Å². The van der Waals surface area contributed by atoms with Crippen molar-refractivity contribution in [2.75, 3.05) is 13.2 Å². The van der Waals surface area contributed by atoms with Gasteiger partial charge in [0.25, 0.3) is 11.8 Å². The number of ether oxygens (including phenoxy) is 2. The summed E-state index contributed by atoms with van der Waals surface area (Å²) in [6.45, 7) is 1.52. The number of thiocarbonyl (C=S) groups is 1. The van der Waals surface area contributed by atoms with E-state index in [-0.39, 0.29) is 18.3 Å². The summed E-state index contributed by atoms with van der Waals surface area (Å²) in [5, 5.41) is 2.34. The zero-order chi connectivity index (χ0) is 19.6. The molecule has 0 saturated carbocycles. The minimum absolute atomic E-state index is 0.0525. The van der Waals surface area contributed by atoms with Gasteiger partial charge in [0, 0.05) is 4.47 Å². The van der Waals surface area contributed by atoms with E-state index < -0.39 is 11.8 Å². The molecule has 0 spiro atoms. The van der Waals surface area contributed by atoms with Crippen molar-refractivity contribution in [1.29, 1.82) is 0 Å². The first-order valence-electron chi connectivity index (χ1n) is 7.89. The van der Waals surface area contributed by atoms with E-state index in [9.17, 15) is 9.59 Å². The first kappa shape index (κ1) is 20.7. The Bertz CT molecular complexity index is 815. The van der Waals surface area contributed by atoms with Crippen LogP contribution in [0.3, 0.4) is 0 Å². The SMILES string of the molecule is Cc1cccc(OCC(=O)NNC(=S)NC(=O)COc2ccc(Br)cc2)c1. The lowest BCUT2D eigenvalue weighted by Gasteiger charge is -2.12. The van der Waals surface area contributed by atoms with E-state index in [4.69, 9.17) is 21.7 Å². The van der Waals surface area contributed by atoms with Crippen molar-refractivity contribution in [2.45, 2.75) is 6.92 Å². The molecule has 2 aromatic carbocycles. The molecule has 7 nitrogen and oxygen atoms in total. The van der Waals surface area contributed by atoms with Gasteiger partial charge in [0.2, 0.25) is 0 Å². The van der Waals surface area contributed by atoms with Crippen molar-refractivity contribution in [1.82, 2.24) is 16.2 Å². The summed E-state index contributed by atoms with van der Waals surface area (Å²) in [4.78, 5) is 23.5. The normalized spacial score (nSPS) is 9.85. The Morgan fingerprint density at radius 3 is 2.33 bits per heavy atom. The van der Waals surface area contributed by atoms with Crippen LogP contribution in [0.1, 0.15) is 5.56 Å². The second-order valence-corrected chi connectivity index (χ2v) is 6.72. The van der Waals surface area contributed by atoms with E-state index >= 15 is 0 Å². The molecule has 27 heavy (non-hydrogen) atoms. The predicted molar refractivity (Wildman–Crippen MR) is 108 cm³/mol. The molecule has 0 heterocycles. The van der Waals surface area contributed by atoms with Crippen molar-refractivity contribution in [3.63, 3.8) is 0 Å². The summed E-state index contributed by atoms with van der Waals surface area (Å²) in [6, 6.07) is 14.4. The standard InChI is InChI=1S/C18H18BrN3O4S/c1-12-3-2-4-15(9-12)26-11-17(24)21-22-18(27)20-16(23)10-25-14-7-5-13(19)6-8-14/h2-9H,10-11H2,1H3,(H,21,24)(H2,20,22,23,27). The van der Waals surface area contributed by atoms with Gasteiger partial charge in [-0.1, -0.05) is 28.1 Å². The van der Waals surface area contributed by atoms with Crippen LogP contribution in [0.5, 0.6) is 11.5 Å². The lowest BCUT2D eigenvalue weighted by atomic mass is 10.2. The van der Waals surface area contributed by atoms with Crippen molar-refractivity contribution < 1.29 is 19.1 Å². The van der Waals surface area contributed by atoms with Crippen LogP contribution >= 0.6 is 28.1 Å². The van der Waals surface area contributed by atoms with Crippen molar-refractivity contribution in [3.05, 3.63) is 58.6 Å². The maximum absolute atomic E-state index is 11.8. The number of carbonyl (C=O) groups is 2. The number of amides is 2. The van der Waals surface area contributed by atoms with Crippen molar-refractivity contribution in [3.8, 4) is 11.5 Å². The fourth-order valence-electron chi connectivity index (χ4n) is 1.89. The lowest BCUT2D eigenvalue weighted by molar-refractivity contribution is -0.124. The molecule has 0 bridgehead atoms. The van der Waals surface area contributed by atoms with Crippen LogP contribution in [-0.2, 0) is 9.59 Å². The summed E-state index contributed by atoms with van der Waals surface area (Å²) in [5.41, 5.74) is 5.79. The van der Waals surface area contributed by atoms with Crippen LogP contribution in [0, 0.1) is 6.92 Å². The van der Waals surface area contributed by atoms with Crippen molar-refractivity contribution in [2.24, 2.45) is 0 Å². The summed E-state index contributed by atoms with van der Waals surface area (Å²) in [7, 11) is 0. The van der Waals surface area contributed by atoms with Gasteiger partial charge in [0.1, 0.15) is 11.5 Å². The van der Waals surface area contributed by atoms with Gasteiger partial charge in [0.05, 0.1) is 0 Å². The maximum atomic E-state index is 11.8. The van der Waals surface area contributed by atoms with Crippen LogP contribution in [0.2, 0.25) is 0 Å². The molecule has 142 valence electrons. The Morgan fingerprint density at radius 2 is 1.63 bits per heavy atom. The smallest absolute Gasteiger partial charge is 0.276 e. The molecule has 2 rings (SSSR count). The number of hydrogen-bond acceptors (Lipinski definition) is 5. The van der Waals surface area contributed by atoms with Gasteiger partial charge in [-0.2, -0.15) is 0 Å². The number of hydrazine groups is 1. The Morgan fingerprint density at radius 1 is 0.963 bits per heavy atom. The zero-order valence-corrected chi connectivity index (χ0v) is 16.9. The van der Waals surface area contributed by atoms with E-state index in [0.717, 1.165) is 10.0 Å². The highest BCUT2D eigenvalue weighted by Crippen LogP contribution is 2.15. The highest BCUT2D eigenvalue weighted by molar-refractivity contribution is 9.10. The fraction of sp³-hybridized carbons (Fsp3) is 0.167. The van der Waals surface area contributed by atoms with E-state index in [0.29, 0.717) is 11.5 Å². The predicted octanol–water partition coefficient (Wildman–Crippen LogP) is 2.24. The van der Waals surface area contributed by atoms with E-state index in [1.165, 1.54) is 0 Å². The van der Waals surface area contributed by atoms with E-state index in [1.807, 2.05) is 25.1 Å². The number of carbonyl (C=O) groups excluding carboxylic acids is 2. The van der Waals surface area contributed by atoms with Gasteiger partial charge in [0.15, 0.2) is 18.3 Å². The highest BCUT2D eigenvalue weighted by atomic mass is 79.9. The molecule has 0 atom stereocenters. The minimum Gasteiger partial charge on any atom is -0.484 e. The van der Waals surface area contributed by atoms with Crippen LogP contribution in [0.4, 0.5) is 0 Å².